The maximum absolute atomic E-state index is 11.8. The van der Waals surface area contributed by atoms with E-state index in [1.54, 1.807) is 38.7 Å². The number of para-hydroxylation sites is 2. The first-order chi connectivity index (χ1) is 55.7. The van der Waals surface area contributed by atoms with E-state index < -0.39 is 0 Å². The average molecular weight is 1540 g/mol. The van der Waals surface area contributed by atoms with Crippen LogP contribution in [0, 0.1) is 0 Å². The second kappa shape index (κ2) is 29.1. The molecule has 21 heteroatoms. The van der Waals surface area contributed by atoms with Gasteiger partial charge in [-0.3, -0.25) is 19.9 Å². The Hall–Kier alpha value is -15.1. The summed E-state index contributed by atoms with van der Waals surface area (Å²) in [5, 5.41) is 8.56. The van der Waals surface area contributed by atoms with E-state index in [2.05, 4.69) is 167 Å². The fourth-order valence-electron chi connectivity index (χ4n) is 14.9. The summed E-state index contributed by atoms with van der Waals surface area (Å²) in [5.41, 5.74) is 23.7. The quantitative estimate of drug-likeness (QED) is 0.0444. The van der Waals surface area contributed by atoms with E-state index in [-0.39, 0.29) is 5.97 Å². The number of imidazole rings is 4. The Morgan fingerprint density at radius 3 is 1.38 bits per heavy atom. The van der Waals surface area contributed by atoms with E-state index >= 15 is 0 Å². The zero-order chi connectivity index (χ0) is 76.0. The van der Waals surface area contributed by atoms with Crippen molar-refractivity contribution in [3.05, 3.63) is 302 Å². The van der Waals surface area contributed by atoms with Crippen LogP contribution in [0.5, 0.6) is 11.5 Å². The Morgan fingerprint density at radius 2 is 0.761 bits per heavy atom. The van der Waals surface area contributed by atoms with E-state index in [1.807, 2.05) is 177 Å². The average Bonchev–Trinajstić information content (AvgIpc) is 1.68. The number of fused-ring (bicyclic) bond motifs is 16. The molecule has 22 rings (SSSR count). The number of esters is 1. The Labute approximate surface area is 651 Å². The molecule has 544 valence electrons. The summed E-state index contributed by atoms with van der Waals surface area (Å²) in [5.74, 6) is 4.45. The normalized spacial score (nSPS) is 11.4. The van der Waals surface area contributed by atoms with Crippen LogP contribution in [0.2, 0.25) is 0 Å². The third-order valence-electron chi connectivity index (χ3n) is 20.3. The Bertz CT molecular complexity index is 6860. The van der Waals surface area contributed by atoms with Crippen LogP contribution in [0.15, 0.2) is 297 Å². The summed E-state index contributed by atoms with van der Waals surface area (Å²) in [6.45, 7) is 0. The predicted octanol–water partition coefficient (Wildman–Crippen LogP) is 22.0. The number of benzene rings is 10. The second-order valence-electron chi connectivity index (χ2n) is 26.9. The van der Waals surface area contributed by atoms with Crippen LogP contribution in [-0.2, 0) is 4.74 Å². The summed E-state index contributed by atoms with van der Waals surface area (Å²) in [7, 11) is 4.72. The lowest BCUT2D eigenvalue weighted by Gasteiger charge is -2.07. The van der Waals surface area contributed by atoms with Gasteiger partial charge in [-0.1, -0.05) is 155 Å². The first-order valence-electron chi connectivity index (χ1n) is 36.4. The number of hydrogen-bond donors (Lipinski definition) is 8. The number of nitrogens with zero attached hydrogens (tertiary/aromatic N) is 8. The van der Waals surface area contributed by atoms with Gasteiger partial charge in [0.1, 0.15) is 40.3 Å². The number of methoxy groups -OCH3 is 3. The highest BCUT2D eigenvalue weighted by atomic mass is 79.9. The van der Waals surface area contributed by atoms with Gasteiger partial charge in [0.25, 0.3) is 0 Å². The van der Waals surface area contributed by atoms with E-state index in [9.17, 15) is 4.79 Å². The van der Waals surface area contributed by atoms with Gasteiger partial charge in [-0.2, -0.15) is 0 Å². The number of carbonyl (C=O) groups excluding carboxylic acids is 1. The van der Waals surface area contributed by atoms with Gasteiger partial charge in [-0.25, -0.2) is 24.7 Å². The molecule has 20 nitrogen and oxygen atoms in total. The maximum atomic E-state index is 11.8. The molecule has 0 spiro atoms. The maximum Gasteiger partial charge on any atom is 0.337 e. The number of carbonyl (C=O) groups is 1. The minimum atomic E-state index is -0.358. The van der Waals surface area contributed by atoms with Crippen LogP contribution in [0.25, 0.3) is 200 Å². The molecule has 0 atom stereocenters. The van der Waals surface area contributed by atoms with Gasteiger partial charge >= 0.3 is 5.97 Å². The molecule has 12 heterocycles. The standard InChI is InChI=1S/C25H20BrN3O2.C25H19N3O2.2C21H13N5/c1-30-18-7-3-5-15(11-18)23-24(16-6-4-8-19(12-16)31-2)29-25(28-23)21-14-27-22-10-9-17(26)13-20(21)22;1-30-25(29)18-12-13-19-20(15-26-21(19)14-18)24-27-22(16-8-4-2-5-9-16)23(28-24)17-10-6-3-7-11-17;1-2-8-16-12(5-1)15(11-24-16)21-25-19-13-6-3-9-22-17(13)18-14(20(19)26-21)7-4-10-23-18;1-2-8-16-12(5-1)15(11-24-16)21-25-19-17-13(6-3-9-22-17)14-7-4-10-23-18(14)20(19)26-21/h3-14,27H,1-2H3,(H,28,29);2-15,26H,1H3,(H,27,28);2*1-11,24H,(H,25,26). The van der Waals surface area contributed by atoms with Crippen molar-refractivity contribution < 1.29 is 19.0 Å². The van der Waals surface area contributed by atoms with Gasteiger partial charge in [0.2, 0.25) is 0 Å². The fourth-order valence-corrected chi connectivity index (χ4v) is 15.3. The van der Waals surface area contributed by atoms with Gasteiger partial charge in [-0.05, 0) is 103 Å². The van der Waals surface area contributed by atoms with Crippen molar-refractivity contribution in [3.63, 3.8) is 0 Å². The molecule has 0 radical (unpaired) electrons. The van der Waals surface area contributed by atoms with Gasteiger partial charge in [0.05, 0.1) is 88.3 Å². The number of pyridine rings is 4. The van der Waals surface area contributed by atoms with E-state index in [1.165, 1.54) is 7.11 Å². The van der Waals surface area contributed by atoms with Crippen LogP contribution in [0.4, 0.5) is 0 Å². The van der Waals surface area contributed by atoms with Crippen molar-refractivity contribution in [3.8, 4) is 102 Å². The molecule has 8 N–H and O–H groups in total. The predicted molar refractivity (Wildman–Crippen MR) is 454 cm³/mol. The van der Waals surface area contributed by atoms with Gasteiger partial charge < -0.3 is 54.1 Å². The first kappa shape index (κ1) is 68.4. The summed E-state index contributed by atoms with van der Waals surface area (Å²) in [6, 6.07) is 80.4. The third-order valence-corrected chi connectivity index (χ3v) is 20.8. The number of halogens is 1. The van der Waals surface area contributed by atoms with Gasteiger partial charge in [0, 0.05) is 164 Å². The van der Waals surface area contributed by atoms with Crippen molar-refractivity contribution in [1.29, 1.82) is 0 Å². The van der Waals surface area contributed by atoms with E-state index in [0.29, 0.717) is 5.56 Å². The van der Waals surface area contributed by atoms with Crippen LogP contribution in [-0.4, -0.2) is 107 Å². The summed E-state index contributed by atoms with van der Waals surface area (Å²) >= 11 is 3.58. The molecule has 113 heavy (non-hydrogen) atoms. The fraction of sp³-hybridized carbons (Fsp3) is 0.0326. The number of aromatic nitrogens is 16. The lowest BCUT2D eigenvalue weighted by atomic mass is 10.0. The molecule has 0 aliphatic rings. The molecule has 0 fully saturated rings. The first-order valence-corrected chi connectivity index (χ1v) is 37.2. The SMILES string of the molecule is COC(=O)c1ccc2c(-c3nc(-c4ccccc4)c(-c4ccccc4)[nH]3)c[nH]c2c1.COc1cccc(-c2nc(-c3c[nH]c4ccc(Br)cc34)[nH]c2-c2cccc(OC)c2)c1.c1ccc2c(-c3nc4c5cccnc5c5ncccc5c4[nH]3)c[nH]c2c1.c1ccc2c(-c3nc4c5ncccc5c5cccnc5c4[nH]3)c[nH]c2c1. The van der Waals surface area contributed by atoms with Gasteiger partial charge in [-0.15, -0.1) is 0 Å². The van der Waals surface area contributed by atoms with Crippen LogP contribution in [0.3, 0.4) is 0 Å². The number of ether oxygens (including phenoxy) is 3. The van der Waals surface area contributed by atoms with Crippen molar-refractivity contribution in [1.82, 2.24) is 79.7 Å². The Morgan fingerprint density at radius 1 is 0.319 bits per heavy atom. The number of hydrogen-bond acceptors (Lipinski definition) is 12. The van der Waals surface area contributed by atoms with E-state index in [4.69, 9.17) is 34.1 Å². The second-order valence-corrected chi connectivity index (χ2v) is 27.8. The lowest BCUT2D eigenvalue weighted by molar-refractivity contribution is 0.0600. The highest BCUT2D eigenvalue weighted by Gasteiger charge is 2.24. The van der Waals surface area contributed by atoms with Crippen molar-refractivity contribution in [2.45, 2.75) is 0 Å². The molecule has 10 aromatic carbocycles. The number of rotatable bonds is 11. The highest BCUT2D eigenvalue weighted by Crippen LogP contribution is 2.42. The summed E-state index contributed by atoms with van der Waals surface area (Å²) < 4.78 is 16.7. The topological polar surface area (TPSA) is 274 Å². The minimum absolute atomic E-state index is 0.358. The third kappa shape index (κ3) is 12.6. The largest absolute Gasteiger partial charge is 0.497 e. The molecular formula is C92H65BrN16O4. The van der Waals surface area contributed by atoms with Crippen LogP contribution >= 0.6 is 15.9 Å². The molecule has 22 aromatic rings. The van der Waals surface area contributed by atoms with Crippen LogP contribution in [0.1, 0.15) is 10.4 Å². The molecule has 0 unspecified atom stereocenters. The van der Waals surface area contributed by atoms with Crippen molar-refractivity contribution >= 4 is 131 Å². The lowest BCUT2D eigenvalue weighted by Crippen LogP contribution is -2.00. The van der Waals surface area contributed by atoms with Crippen molar-refractivity contribution in [2.24, 2.45) is 0 Å². The highest BCUT2D eigenvalue weighted by molar-refractivity contribution is 9.10. The molecule has 0 saturated heterocycles. The van der Waals surface area contributed by atoms with Crippen LogP contribution < -0.4 is 9.47 Å². The molecule has 0 aliphatic carbocycles. The van der Waals surface area contributed by atoms with Gasteiger partial charge in [0.15, 0.2) is 0 Å². The van der Waals surface area contributed by atoms with E-state index in [0.717, 1.165) is 216 Å². The zero-order valence-corrected chi connectivity index (χ0v) is 62.4. The number of H-pyrrole nitrogens is 8. The molecular weight excluding hydrogens is 1470 g/mol. The monoisotopic (exact) mass is 1540 g/mol. The molecule has 0 aliphatic heterocycles. The summed E-state index contributed by atoms with van der Waals surface area (Å²) in [4.78, 5) is 77.3. The Balaban J connectivity index is 0.000000101. The minimum Gasteiger partial charge on any atom is -0.497 e. The summed E-state index contributed by atoms with van der Waals surface area (Å²) in [6.07, 6.45) is 15.1. The number of aromatic amines is 8. The molecule has 0 saturated carbocycles. The smallest absolute Gasteiger partial charge is 0.337 e. The Kier molecular flexibility index (Phi) is 17.6. The molecule has 0 amide bonds. The molecule has 0 bridgehead atoms. The molecule has 12 aromatic heterocycles. The number of nitrogens with one attached hydrogen (secondary N) is 8. The zero-order valence-electron chi connectivity index (χ0n) is 60.8. The van der Waals surface area contributed by atoms with Crippen molar-refractivity contribution in [2.75, 3.05) is 21.3 Å².